The molecule has 0 fully saturated rings. The van der Waals surface area contributed by atoms with E-state index in [1.165, 1.54) is 16.7 Å². The van der Waals surface area contributed by atoms with E-state index in [9.17, 15) is 9.59 Å². The monoisotopic (exact) mass is 461 g/mol. The summed E-state index contributed by atoms with van der Waals surface area (Å²) in [6.07, 6.45) is 1.80. The van der Waals surface area contributed by atoms with Gasteiger partial charge in [-0.25, -0.2) is 4.79 Å². The second-order valence-corrected chi connectivity index (χ2v) is 8.73. The lowest BCUT2D eigenvalue weighted by atomic mass is 10.1. The molecule has 5 rings (SSSR count). The van der Waals surface area contributed by atoms with Crippen LogP contribution in [0.4, 0.5) is 4.79 Å². The summed E-state index contributed by atoms with van der Waals surface area (Å²) in [4.78, 5) is 32.3. The molecule has 1 atom stereocenters. The molecule has 2 aliphatic heterocycles. The van der Waals surface area contributed by atoms with E-state index in [-0.39, 0.29) is 19.0 Å². The summed E-state index contributed by atoms with van der Waals surface area (Å²) in [6.45, 7) is 2.23. The minimum Gasteiger partial charge on any atom is -0.497 e. The van der Waals surface area contributed by atoms with Gasteiger partial charge in [0.15, 0.2) is 11.8 Å². The lowest BCUT2D eigenvalue weighted by Crippen LogP contribution is -2.54. The molecule has 0 bridgehead atoms. The molecule has 2 aliphatic rings. The summed E-state index contributed by atoms with van der Waals surface area (Å²) in [5.41, 5.74) is 3.36. The smallest absolute Gasteiger partial charge is 0.497 e. The second kappa shape index (κ2) is 8.67. The van der Waals surface area contributed by atoms with Crippen LogP contribution in [0, 0.1) is 6.92 Å². The SMILES string of the molecule is COc1ccc(CN2C(=O)C3SC=CC3=[N+](Cc3nc(-c4ccccc4C)no3)C2=O)cc1. The van der Waals surface area contributed by atoms with Crippen molar-refractivity contribution in [1.29, 1.82) is 0 Å². The van der Waals surface area contributed by atoms with Gasteiger partial charge in [0, 0.05) is 5.56 Å². The Labute approximate surface area is 194 Å². The third-order valence-electron chi connectivity index (χ3n) is 5.63. The molecule has 33 heavy (non-hydrogen) atoms. The van der Waals surface area contributed by atoms with Crippen LogP contribution in [0.3, 0.4) is 0 Å². The van der Waals surface area contributed by atoms with Crippen LogP contribution in [0.15, 0.2) is 64.5 Å². The summed E-state index contributed by atoms with van der Waals surface area (Å²) < 4.78 is 12.2. The molecule has 3 aromatic rings. The Morgan fingerprint density at radius 1 is 1.15 bits per heavy atom. The van der Waals surface area contributed by atoms with Gasteiger partial charge < -0.3 is 9.26 Å². The molecule has 0 aliphatic carbocycles. The maximum atomic E-state index is 13.4. The number of thioether (sulfide) groups is 1. The van der Waals surface area contributed by atoms with Gasteiger partial charge in [-0.15, -0.1) is 11.8 Å². The van der Waals surface area contributed by atoms with Crippen molar-refractivity contribution < 1.29 is 23.4 Å². The summed E-state index contributed by atoms with van der Waals surface area (Å²) >= 11 is 1.39. The van der Waals surface area contributed by atoms with Crippen molar-refractivity contribution in [2.45, 2.75) is 25.3 Å². The van der Waals surface area contributed by atoms with Crippen LogP contribution in [-0.4, -0.2) is 49.6 Å². The van der Waals surface area contributed by atoms with E-state index in [0.29, 0.717) is 23.2 Å². The average molecular weight is 462 g/mol. The van der Waals surface area contributed by atoms with E-state index in [1.54, 1.807) is 29.9 Å². The van der Waals surface area contributed by atoms with Crippen LogP contribution in [0.1, 0.15) is 17.0 Å². The minimum atomic E-state index is -0.472. The Hall–Kier alpha value is -3.72. The Kier molecular flexibility index (Phi) is 5.55. The van der Waals surface area contributed by atoms with Crippen molar-refractivity contribution in [3.05, 3.63) is 77.0 Å². The Balaban J connectivity index is 1.43. The van der Waals surface area contributed by atoms with Gasteiger partial charge in [-0.3, -0.25) is 0 Å². The fourth-order valence-electron chi connectivity index (χ4n) is 3.86. The third-order valence-corrected chi connectivity index (χ3v) is 6.64. The number of hydrogen-bond donors (Lipinski definition) is 0. The molecule has 0 saturated heterocycles. The highest BCUT2D eigenvalue weighted by Gasteiger charge is 2.49. The summed E-state index contributed by atoms with van der Waals surface area (Å²) in [5.74, 6) is 1.25. The maximum absolute atomic E-state index is 13.4. The van der Waals surface area contributed by atoms with E-state index in [2.05, 4.69) is 10.1 Å². The molecular weight excluding hydrogens is 440 g/mol. The van der Waals surface area contributed by atoms with Gasteiger partial charge in [0.05, 0.1) is 7.11 Å². The summed E-state index contributed by atoms with van der Waals surface area (Å²) in [5, 5.41) is 5.45. The first kappa shape index (κ1) is 21.1. The number of rotatable bonds is 6. The van der Waals surface area contributed by atoms with Crippen LogP contribution in [-0.2, 0) is 17.9 Å². The average Bonchev–Trinajstić information content (AvgIpc) is 3.50. The second-order valence-electron chi connectivity index (χ2n) is 7.71. The molecule has 0 radical (unpaired) electrons. The zero-order chi connectivity index (χ0) is 22.9. The lowest BCUT2D eigenvalue weighted by molar-refractivity contribution is -0.458. The van der Waals surface area contributed by atoms with Crippen molar-refractivity contribution >= 4 is 29.4 Å². The van der Waals surface area contributed by atoms with Gasteiger partial charge in [0.1, 0.15) is 18.0 Å². The number of benzene rings is 2. The molecule has 1 aromatic heterocycles. The highest BCUT2D eigenvalue weighted by atomic mass is 32.2. The predicted octanol–water partition coefficient (Wildman–Crippen LogP) is 3.80. The minimum absolute atomic E-state index is 0.0842. The predicted molar refractivity (Wildman–Crippen MR) is 123 cm³/mol. The number of carbonyl (C=O) groups is 2. The van der Waals surface area contributed by atoms with E-state index in [1.807, 2.05) is 48.7 Å². The number of nitrogens with zero attached hydrogens (tertiary/aromatic N) is 4. The molecule has 8 nitrogen and oxygen atoms in total. The highest BCUT2D eigenvalue weighted by Crippen LogP contribution is 2.29. The van der Waals surface area contributed by atoms with E-state index < -0.39 is 11.3 Å². The lowest BCUT2D eigenvalue weighted by Gasteiger charge is -2.23. The van der Waals surface area contributed by atoms with Gasteiger partial charge >= 0.3 is 11.9 Å². The van der Waals surface area contributed by atoms with Gasteiger partial charge in [0.2, 0.25) is 5.82 Å². The van der Waals surface area contributed by atoms with Crippen molar-refractivity contribution in [2.75, 3.05) is 7.11 Å². The van der Waals surface area contributed by atoms with Crippen LogP contribution >= 0.6 is 11.8 Å². The van der Waals surface area contributed by atoms with Crippen LogP contribution < -0.4 is 4.74 Å². The normalized spacial score (nSPS) is 17.6. The van der Waals surface area contributed by atoms with Crippen molar-refractivity contribution in [1.82, 2.24) is 15.0 Å². The van der Waals surface area contributed by atoms with E-state index in [0.717, 1.165) is 16.7 Å². The highest BCUT2D eigenvalue weighted by molar-refractivity contribution is 8.04. The van der Waals surface area contributed by atoms with Crippen LogP contribution in [0.25, 0.3) is 11.4 Å². The van der Waals surface area contributed by atoms with Crippen molar-refractivity contribution in [2.24, 2.45) is 0 Å². The van der Waals surface area contributed by atoms with Crippen molar-refractivity contribution in [3.63, 3.8) is 0 Å². The van der Waals surface area contributed by atoms with Crippen LogP contribution in [0.5, 0.6) is 5.75 Å². The molecule has 0 saturated carbocycles. The molecule has 166 valence electrons. The number of aryl methyl sites for hydroxylation is 1. The molecule has 3 heterocycles. The van der Waals surface area contributed by atoms with Gasteiger partial charge in [-0.2, -0.15) is 19.3 Å². The molecule has 0 spiro atoms. The third kappa shape index (κ3) is 3.95. The fraction of sp³-hybridized carbons (Fsp3) is 0.208. The van der Waals surface area contributed by atoms with Crippen molar-refractivity contribution in [3.8, 4) is 17.1 Å². The Bertz CT molecular complexity index is 1300. The standard InChI is InChI=1S/C24H21N4O4S/c1-15-5-3-4-6-18(15)22-25-20(32-26-22)14-27-19-11-12-33-21(19)23(29)28(24(27)30)13-16-7-9-17(31-2)10-8-16/h3-12,21H,13-14H2,1-2H3/q+1. The number of carbonyl (C=O) groups excluding carboxylic acids is 2. The zero-order valence-electron chi connectivity index (χ0n) is 18.1. The molecular formula is C24H21N4O4S+. The summed E-state index contributed by atoms with van der Waals surface area (Å²) in [7, 11) is 1.59. The number of allylic oxidation sites excluding steroid dienone is 1. The molecule has 3 amide bonds. The molecule has 1 unspecified atom stereocenters. The largest absolute Gasteiger partial charge is 0.501 e. The van der Waals surface area contributed by atoms with Gasteiger partial charge in [0.25, 0.3) is 5.89 Å². The molecule has 0 N–H and O–H groups in total. The number of methoxy groups -OCH3 is 1. The molecule has 2 aromatic carbocycles. The number of aromatic nitrogens is 2. The topological polar surface area (TPSA) is 88.5 Å². The number of amides is 3. The van der Waals surface area contributed by atoms with E-state index in [4.69, 9.17) is 9.26 Å². The number of fused-ring (bicyclic) bond motifs is 1. The first-order valence-electron chi connectivity index (χ1n) is 10.4. The van der Waals surface area contributed by atoms with Gasteiger partial charge in [-0.1, -0.05) is 41.6 Å². The number of hydrogen-bond acceptors (Lipinski definition) is 7. The molecule has 9 heteroatoms. The number of ether oxygens (including phenoxy) is 1. The quantitative estimate of drug-likeness (QED) is 0.516. The maximum Gasteiger partial charge on any atom is 0.501 e. The number of urea groups is 1. The van der Waals surface area contributed by atoms with Gasteiger partial charge in [-0.05, 0) is 41.7 Å². The first-order chi connectivity index (χ1) is 16.0. The van der Waals surface area contributed by atoms with E-state index >= 15 is 0 Å². The van der Waals surface area contributed by atoms with Crippen LogP contribution in [0.2, 0.25) is 0 Å². The summed E-state index contributed by atoms with van der Waals surface area (Å²) in [6, 6.07) is 14.6. The fourth-order valence-corrected chi connectivity index (χ4v) is 4.82. The first-order valence-corrected chi connectivity index (χ1v) is 11.3. The number of imide groups is 1. The zero-order valence-corrected chi connectivity index (χ0v) is 18.9. The Morgan fingerprint density at radius 2 is 1.94 bits per heavy atom. The Morgan fingerprint density at radius 3 is 2.70 bits per heavy atom.